The van der Waals surface area contributed by atoms with Crippen LogP contribution in [0.15, 0.2) is 12.3 Å². The number of hydrogen-bond donors (Lipinski definition) is 0. The van der Waals surface area contributed by atoms with Crippen LogP contribution < -0.4 is 0 Å². The third kappa shape index (κ3) is 2.02. The Balaban J connectivity index is 3.01. The van der Waals surface area contributed by atoms with Crippen molar-refractivity contribution in [1.29, 1.82) is 0 Å². The summed E-state index contributed by atoms with van der Waals surface area (Å²) >= 11 is 0. The highest BCUT2D eigenvalue weighted by atomic mass is 19.1. The molecule has 0 N–H and O–H groups in total. The molecule has 0 bridgehead atoms. The molecule has 0 unspecified atom stereocenters. The average Bonchev–Trinajstić information content (AvgIpc) is 2.10. The highest BCUT2D eigenvalue weighted by Crippen LogP contribution is 2.09. The maximum absolute atomic E-state index is 13.2. The second kappa shape index (κ2) is 3.98. The number of halogens is 1. The normalized spacial score (nSPS) is 9.77. The molecule has 0 aliphatic rings. The first-order valence-electron chi connectivity index (χ1n) is 3.95. The van der Waals surface area contributed by atoms with E-state index in [1.807, 2.05) is 0 Å². The Hall–Kier alpha value is -1.45. The number of esters is 1. The SMILES string of the molecule is CCOC(=O)c1nccc(C)c1F. The molecule has 0 aliphatic carbocycles. The van der Waals surface area contributed by atoms with Gasteiger partial charge in [-0.3, -0.25) is 0 Å². The minimum Gasteiger partial charge on any atom is -0.461 e. The van der Waals surface area contributed by atoms with E-state index in [0.29, 0.717) is 5.56 Å². The molecule has 0 radical (unpaired) electrons. The molecule has 0 aromatic carbocycles. The van der Waals surface area contributed by atoms with E-state index in [4.69, 9.17) is 0 Å². The van der Waals surface area contributed by atoms with Crippen LogP contribution in [-0.4, -0.2) is 17.6 Å². The summed E-state index contributed by atoms with van der Waals surface area (Å²) in [6, 6.07) is 1.50. The van der Waals surface area contributed by atoms with Crippen LogP contribution in [0.25, 0.3) is 0 Å². The lowest BCUT2D eigenvalue weighted by molar-refractivity contribution is 0.0513. The van der Waals surface area contributed by atoms with Crippen molar-refractivity contribution in [2.45, 2.75) is 13.8 Å². The number of carbonyl (C=O) groups is 1. The number of aryl methyl sites for hydroxylation is 1. The third-order valence-electron chi connectivity index (χ3n) is 1.55. The Kier molecular flexibility index (Phi) is 2.95. The monoisotopic (exact) mass is 183 g/mol. The minimum atomic E-state index is -0.719. The van der Waals surface area contributed by atoms with Gasteiger partial charge in [-0.1, -0.05) is 0 Å². The highest BCUT2D eigenvalue weighted by Gasteiger charge is 2.15. The zero-order valence-electron chi connectivity index (χ0n) is 7.50. The number of carbonyl (C=O) groups excluding carboxylic acids is 1. The molecule has 0 aliphatic heterocycles. The van der Waals surface area contributed by atoms with Gasteiger partial charge in [0.2, 0.25) is 0 Å². The lowest BCUT2D eigenvalue weighted by Crippen LogP contribution is -2.10. The van der Waals surface area contributed by atoms with E-state index in [0.717, 1.165) is 0 Å². The molecule has 0 amide bonds. The first-order valence-corrected chi connectivity index (χ1v) is 3.95. The molecule has 4 heteroatoms. The van der Waals surface area contributed by atoms with Crippen molar-refractivity contribution in [2.75, 3.05) is 6.61 Å². The standard InChI is InChI=1S/C9H10FNO2/c1-3-13-9(12)8-7(10)6(2)4-5-11-8/h4-5H,3H2,1-2H3. The molecule has 0 atom stereocenters. The van der Waals surface area contributed by atoms with Gasteiger partial charge in [0, 0.05) is 6.20 Å². The predicted octanol–water partition coefficient (Wildman–Crippen LogP) is 1.71. The zero-order valence-corrected chi connectivity index (χ0v) is 7.50. The molecule has 1 rings (SSSR count). The van der Waals surface area contributed by atoms with Gasteiger partial charge in [-0.15, -0.1) is 0 Å². The van der Waals surface area contributed by atoms with E-state index >= 15 is 0 Å². The zero-order chi connectivity index (χ0) is 9.84. The van der Waals surface area contributed by atoms with Crippen molar-refractivity contribution in [3.05, 3.63) is 29.3 Å². The van der Waals surface area contributed by atoms with Crippen molar-refractivity contribution in [3.8, 4) is 0 Å². The number of hydrogen-bond acceptors (Lipinski definition) is 3. The Morgan fingerprint density at radius 2 is 2.38 bits per heavy atom. The van der Waals surface area contributed by atoms with Crippen LogP contribution in [0.1, 0.15) is 23.0 Å². The first kappa shape index (κ1) is 9.64. The van der Waals surface area contributed by atoms with E-state index in [2.05, 4.69) is 9.72 Å². The maximum atomic E-state index is 13.2. The molecule has 1 aromatic rings. The molecule has 70 valence electrons. The predicted molar refractivity (Wildman–Crippen MR) is 44.9 cm³/mol. The summed E-state index contributed by atoms with van der Waals surface area (Å²) in [7, 11) is 0. The van der Waals surface area contributed by atoms with Crippen molar-refractivity contribution in [1.82, 2.24) is 4.98 Å². The van der Waals surface area contributed by atoms with E-state index in [-0.39, 0.29) is 12.3 Å². The van der Waals surface area contributed by atoms with Gasteiger partial charge in [0.05, 0.1) is 6.61 Å². The van der Waals surface area contributed by atoms with Gasteiger partial charge in [-0.25, -0.2) is 14.2 Å². The second-order valence-corrected chi connectivity index (χ2v) is 2.51. The number of ether oxygens (including phenoxy) is 1. The van der Waals surface area contributed by atoms with Gasteiger partial charge in [0.25, 0.3) is 0 Å². The number of pyridine rings is 1. The summed E-state index contributed by atoms with van der Waals surface area (Å²) < 4.78 is 17.8. The Morgan fingerprint density at radius 1 is 1.69 bits per heavy atom. The first-order chi connectivity index (χ1) is 6.16. The van der Waals surface area contributed by atoms with Gasteiger partial charge < -0.3 is 4.74 Å². The van der Waals surface area contributed by atoms with Crippen LogP contribution >= 0.6 is 0 Å². The van der Waals surface area contributed by atoms with Crippen molar-refractivity contribution in [2.24, 2.45) is 0 Å². The fourth-order valence-electron chi connectivity index (χ4n) is 0.882. The smallest absolute Gasteiger partial charge is 0.360 e. The van der Waals surface area contributed by atoms with Crippen LogP contribution in [0.3, 0.4) is 0 Å². The second-order valence-electron chi connectivity index (χ2n) is 2.51. The van der Waals surface area contributed by atoms with Gasteiger partial charge in [0.1, 0.15) is 0 Å². The molecule has 0 spiro atoms. The fourth-order valence-corrected chi connectivity index (χ4v) is 0.882. The van der Waals surface area contributed by atoms with Crippen LogP contribution in [0.2, 0.25) is 0 Å². The van der Waals surface area contributed by atoms with E-state index in [9.17, 15) is 9.18 Å². The lowest BCUT2D eigenvalue weighted by Gasteiger charge is -2.02. The molecule has 0 fully saturated rings. The van der Waals surface area contributed by atoms with Gasteiger partial charge in [0.15, 0.2) is 11.5 Å². The number of rotatable bonds is 2. The summed E-state index contributed by atoms with van der Waals surface area (Å²) in [5, 5.41) is 0. The number of nitrogens with zero attached hydrogens (tertiary/aromatic N) is 1. The van der Waals surface area contributed by atoms with E-state index in [1.54, 1.807) is 13.8 Å². The van der Waals surface area contributed by atoms with Crippen LogP contribution in [-0.2, 0) is 4.74 Å². The van der Waals surface area contributed by atoms with Crippen LogP contribution in [0.4, 0.5) is 4.39 Å². The van der Waals surface area contributed by atoms with Gasteiger partial charge >= 0.3 is 5.97 Å². The van der Waals surface area contributed by atoms with E-state index < -0.39 is 11.8 Å². The Morgan fingerprint density at radius 3 is 3.00 bits per heavy atom. The largest absolute Gasteiger partial charge is 0.461 e. The molecule has 13 heavy (non-hydrogen) atoms. The summed E-state index contributed by atoms with van der Waals surface area (Å²) in [6.07, 6.45) is 1.38. The molecular weight excluding hydrogens is 173 g/mol. The highest BCUT2D eigenvalue weighted by molar-refractivity contribution is 5.87. The lowest BCUT2D eigenvalue weighted by atomic mass is 10.2. The van der Waals surface area contributed by atoms with Crippen molar-refractivity contribution >= 4 is 5.97 Å². The van der Waals surface area contributed by atoms with Gasteiger partial charge in [-0.05, 0) is 25.5 Å². The molecule has 1 heterocycles. The van der Waals surface area contributed by atoms with E-state index in [1.165, 1.54) is 12.3 Å². The molecular formula is C9H10FNO2. The van der Waals surface area contributed by atoms with Crippen molar-refractivity contribution in [3.63, 3.8) is 0 Å². The minimum absolute atomic E-state index is 0.216. The Bertz CT molecular complexity index is 325. The molecule has 0 saturated carbocycles. The summed E-state index contributed by atoms with van der Waals surface area (Å²) in [6.45, 7) is 3.44. The van der Waals surface area contributed by atoms with Crippen molar-refractivity contribution < 1.29 is 13.9 Å². The quantitative estimate of drug-likeness (QED) is 0.655. The molecule has 3 nitrogen and oxygen atoms in total. The average molecular weight is 183 g/mol. The van der Waals surface area contributed by atoms with Gasteiger partial charge in [-0.2, -0.15) is 0 Å². The number of aromatic nitrogens is 1. The molecule has 0 saturated heterocycles. The maximum Gasteiger partial charge on any atom is 0.360 e. The molecule has 1 aromatic heterocycles. The van der Waals surface area contributed by atoms with Crippen LogP contribution in [0.5, 0.6) is 0 Å². The summed E-state index contributed by atoms with van der Waals surface area (Å²) in [4.78, 5) is 14.7. The summed E-state index contributed by atoms with van der Waals surface area (Å²) in [5.74, 6) is -1.33. The fraction of sp³-hybridized carbons (Fsp3) is 0.333. The topological polar surface area (TPSA) is 39.2 Å². The third-order valence-corrected chi connectivity index (χ3v) is 1.55. The Labute approximate surface area is 75.6 Å². The van der Waals surface area contributed by atoms with Crippen LogP contribution in [0, 0.1) is 12.7 Å². The summed E-state index contributed by atoms with van der Waals surface area (Å²) in [5.41, 5.74) is 0.139.